The number of nitrogens with one attached hydrogen (secondary N) is 1. The maximum atomic E-state index is 12.1. The van der Waals surface area contributed by atoms with Crippen LogP contribution in [-0.4, -0.2) is 33.8 Å². The van der Waals surface area contributed by atoms with E-state index in [0.717, 1.165) is 0 Å². The summed E-state index contributed by atoms with van der Waals surface area (Å²) in [4.78, 5) is 12.1. The van der Waals surface area contributed by atoms with Crippen LogP contribution in [0.4, 0.5) is 5.69 Å². The largest absolute Gasteiger partial charge is 0.495 e. The van der Waals surface area contributed by atoms with Gasteiger partial charge in [0, 0.05) is 18.8 Å². The molecule has 21 heavy (non-hydrogen) atoms. The van der Waals surface area contributed by atoms with Crippen molar-refractivity contribution < 1.29 is 14.7 Å². The summed E-state index contributed by atoms with van der Waals surface area (Å²) in [6, 6.07) is 6.39. The van der Waals surface area contributed by atoms with E-state index in [9.17, 15) is 4.79 Å². The molecule has 0 radical (unpaired) electrons. The van der Waals surface area contributed by atoms with Crippen LogP contribution in [0.1, 0.15) is 16.1 Å². The van der Waals surface area contributed by atoms with Crippen LogP contribution in [0, 0.1) is 0 Å². The Morgan fingerprint density at radius 2 is 2.24 bits per heavy atom. The first-order valence-electron chi connectivity index (χ1n) is 6.02. The number of carbonyl (C=O) groups excluding carboxylic acids is 1. The van der Waals surface area contributed by atoms with Gasteiger partial charge in [-0.25, -0.2) is 0 Å². The highest BCUT2D eigenvalue weighted by molar-refractivity contribution is 6.04. The minimum absolute atomic E-state index is 0.0437. The number of methoxy groups -OCH3 is 1. The number of amides is 1. The maximum Gasteiger partial charge on any atom is 0.274 e. The molecule has 1 amide bonds. The van der Waals surface area contributed by atoms with Gasteiger partial charge in [0.1, 0.15) is 11.4 Å². The number of carbonyl (C=O) groups is 1. The van der Waals surface area contributed by atoms with Gasteiger partial charge in [-0.3, -0.25) is 9.48 Å². The maximum absolute atomic E-state index is 12.1. The van der Waals surface area contributed by atoms with Crippen LogP contribution in [0.15, 0.2) is 35.6 Å². The fourth-order valence-electron chi connectivity index (χ4n) is 1.79. The van der Waals surface area contributed by atoms with Crippen LogP contribution < -0.4 is 15.8 Å². The second-order valence-corrected chi connectivity index (χ2v) is 4.19. The second kappa shape index (κ2) is 5.95. The molecule has 2 rings (SSSR count). The van der Waals surface area contributed by atoms with Gasteiger partial charge in [0.15, 0.2) is 5.84 Å². The molecular weight excluding hydrogens is 274 g/mol. The number of benzene rings is 1. The van der Waals surface area contributed by atoms with Crippen molar-refractivity contribution in [3.8, 4) is 5.75 Å². The summed E-state index contributed by atoms with van der Waals surface area (Å²) < 4.78 is 6.66. The minimum Gasteiger partial charge on any atom is -0.495 e. The van der Waals surface area contributed by atoms with Crippen molar-refractivity contribution >= 4 is 17.4 Å². The van der Waals surface area contributed by atoms with Gasteiger partial charge in [0.05, 0.1) is 12.8 Å². The molecule has 0 atom stereocenters. The van der Waals surface area contributed by atoms with E-state index in [0.29, 0.717) is 22.7 Å². The Labute approximate surface area is 120 Å². The van der Waals surface area contributed by atoms with Crippen molar-refractivity contribution in [3.05, 3.63) is 41.7 Å². The van der Waals surface area contributed by atoms with Crippen molar-refractivity contribution in [1.29, 1.82) is 0 Å². The molecule has 110 valence electrons. The van der Waals surface area contributed by atoms with Gasteiger partial charge in [-0.05, 0) is 24.3 Å². The highest BCUT2D eigenvalue weighted by Gasteiger charge is 2.13. The molecule has 8 heteroatoms. The number of nitrogens with zero attached hydrogens (tertiary/aromatic N) is 3. The van der Waals surface area contributed by atoms with Crippen LogP contribution >= 0.6 is 0 Å². The lowest BCUT2D eigenvalue weighted by Gasteiger charge is -2.11. The van der Waals surface area contributed by atoms with Crippen molar-refractivity contribution in [2.24, 2.45) is 17.9 Å². The lowest BCUT2D eigenvalue weighted by Crippen LogP contribution is -2.17. The van der Waals surface area contributed by atoms with Gasteiger partial charge in [-0.15, -0.1) is 0 Å². The monoisotopic (exact) mass is 289 g/mol. The smallest absolute Gasteiger partial charge is 0.274 e. The van der Waals surface area contributed by atoms with E-state index in [1.54, 1.807) is 31.3 Å². The zero-order valence-electron chi connectivity index (χ0n) is 11.6. The molecule has 0 saturated heterocycles. The summed E-state index contributed by atoms with van der Waals surface area (Å²) in [6.07, 6.45) is 1.54. The zero-order chi connectivity index (χ0) is 15.4. The lowest BCUT2D eigenvalue weighted by atomic mass is 10.1. The first kappa shape index (κ1) is 14.4. The Hall–Kier alpha value is -3.03. The minimum atomic E-state index is -0.315. The number of amidine groups is 1. The van der Waals surface area contributed by atoms with Gasteiger partial charge < -0.3 is 21.0 Å². The number of hydrogen-bond acceptors (Lipinski definition) is 5. The number of anilines is 1. The van der Waals surface area contributed by atoms with Crippen molar-refractivity contribution in [1.82, 2.24) is 9.78 Å². The standard InChI is InChI=1S/C13H15N5O3/c1-18-10(5-6-15-18)13(19)16-9-4-3-8(12(14)17-20)7-11(9)21-2/h3-7,20H,1-2H3,(H2,14,17)(H,16,19). The summed E-state index contributed by atoms with van der Waals surface area (Å²) in [5.41, 5.74) is 6.88. The van der Waals surface area contributed by atoms with Crippen LogP contribution in [0.25, 0.3) is 0 Å². The molecule has 1 heterocycles. The molecule has 8 nitrogen and oxygen atoms in total. The molecule has 2 aromatic rings. The number of aromatic nitrogens is 2. The average molecular weight is 289 g/mol. The lowest BCUT2D eigenvalue weighted by molar-refractivity contribution is 0.101. The molecule has 1 aromatic heterocycles. The van der Waals surface area contributed by atoms with Crippen LogP contribution in [0.3, 0.4) is 0 Å². The Morgan fingerprint density at radius 3 is 2.81 bits per heavy atom. The van der Waals surface area contributed by atoms with E-state index in [1.165, 1.54) is 18.0 Å². The summed E-state index contributed by atoms with van der Waals surface area (Å²) in [5, 5.41) is 18.2. The molecule has 0 bridgehead atoms. The molecule has 0 fully saturated rings. The fourth-order valence-corrected chi connectivity index (χ4v) is 1.79. The summed E-state index contributed by atoms with van der Waals surface area (Å²) in [7, 11) is 3.14. The summed E-state index contributed by atoms with van der Waals surface area (Å²) in [5.74, 6) is 0.0391. The molecule has 0 spiro atoms. The van der Waals surface area contributed by atoms with Gasteiger partial charge in [-0.1, -0.05) is 5.16 Å². The van der Waals surface area contributed by atoms with E-state index in [-0.39, 0.29) is 11.7 Å². The normalized spacial score (nSPS) is 11.2. The van der Waals surface area contributed by atoms with E-state index in [2.05, 4.69) is 15.6 Å². The van der Waals surface area contributed by atoms with Crippen LogP contribution in [-0.2, 0) is 7.05 Å². The molecule has 0 unspecified atom stereocenters. The molecule has 4 N–H and O–H groups in total. The Balaban J connectivity index is 2.28. The highest BCUT2D eigenvalue weighted by Crippen LogP contribution is 2.26. The molecule has 0 aliphatic rings. The Kier molecular flexibility index (Phi) is 4.07. The third kappa shape index (κ3) is 2.94. The number of aryl methyl sites for hydroxylation is 1. The van der Waals surface area contributed by atoms with Gasteiger partial charge in [-0.2, -0.15) is 5.10 Å². The van der Waals surface area contributed by atoms with Crippen molar-refractivity contribution in [2.45, 2.75) is 0 Å². The zero-order valence-corrected chi connectivity index (χ0v) is 11.6. The van der Waals surface area contributed by atoms with Crippen LogP contribution in [0.2, 0.25) is 0 Å². The van der Waals surface area contributed by atoms with E-state index >= 15 is 0 Å². The Morgan fingerprint density at radius 1 is 1.48 bits per heavy atom. The predicted molar refractivity (Wildman–Crippen MR) is 76.7 cm³/mol. The first-order chi connectivity index (χ1) is 10.1. The first-order valence-corrected chi connectivity index (χ1v) is 6.02. The summed E-state index contributed by atoms with van der Waals surface area (Å²) >= 11 is 0. The quantitative estimate of drug-likeness (QED) is 0.333. The molecule has 0 aliphatic heterocycles. The third-order valence-corrected chi connectivity index (χ3v) is 2.91. The van der Waals surface area contributed by atoms with Crippen LogP contribution in [0.5, 0.6) is 5.75 Å². The number of nitrogens with two attached hydrogens (primary N) is 1. The van der Waals surface area contributed by atoms with Gasteiger partial charge >= 0.3 is 0 Å². The van der Waals surface area contributed by atoms with Gasteiger partial charge in [0.2, 0.25) is 0 Å². The van der Waals surface area contributed by atoms with E-state index < -0.39 is 0 Å². The van der Waals surface area contributed by atoms with E-state index in [1.807, 2.05) is 0 Å². The number of hydrogen-bond donors (Lipinski definition) is 3. The fraction of sp³-hybridized carbons (Fsp3) is 0.154. The number of rotatable bonds is 4. The predicted octanol–water partition coefficient (Wildman–Crippen LogP) is 0.775. The van der Waals surface area contributed by atoms with Crippen molar-refractivity contribution in [2.75, 3.05) is 12.4 Å². The number of oxime groups is 1. The van der Waals surface area contributed by atoms with E-state index in [4.69, 9.17) is 15.7 Å². The molecule has 0 saturated carbocycles. The molecule has 1 aromatic carbocycles. The highest BCUT2D eigenvalue weighted by atomic mass is 16.5. The number of ether oxygens (including phenoxy) is 1. The molecule has 0 aliphatic carbocycles. The third-order valence-electron chi connectivity index (χ3n) is 2.91. The SMILES string of the molecule is COc1cc(/C(N)=N/O)ccc1NC(=O)c1ccnn1C. The Bertz CT molecular complexity index is 693. The van der Waals surface area contributed by atoms with Gasteiger partial charge in [0.25, 0.3) is 5.91 Å². The van der Waals surface area contributed by atoms with Crippen molar-refractivity contribution in [3.63, 3.8) is 0 Å². The molecular formula is C13H15N5O3. The average Bonchev–Trinajstić information content (AvgIpc) is 2.93. The summed E-state index contributed by atoms with van der Waals surface area (Å²) in [6.45, 7) is 0. The second-order valence-electron chi connectivity index (χ2n) is 4.19. The topological polar surface area (TPSA) is 115 Å².